The second kappa shape index (κ2) is 20.6. The molecule has 0 spiro atoms. The van der Waals surface area contributed by atoms with Crippen molar-refractivity contribution >= 4 is 62.0 Å². The first-order valence-electron chi connectivity index (χ1n) is 20.1. The molecular formula is C40H56N12O8Si2. The van der Waals surface area contributed by atoms with Gasteiger partial charge in [0.05, 0.1) is 48.7 Å². The highest BCUT2D eigenvalue weighted by atomic mass is 28.3. The summed E-state index contributed by atoms with van der Waals surface area (Å²) in [7, 11) is -2.30. The van der Waals surface area contributed by atoms with Crippen LogP contribution < -0.4 is 11.5 Å². The highest BCUT2D eigenvalue weighted by Crippen LogP contribution is 2.29. The van der Waals surface area contributed by atoms with Crippen LogP contribution >= 0.6 is 0 Å². The third kappa shape index (κ3) is 13.4. The van der Waals surface area contributed by atoms with E-state index in [1.807, 2.05) is 33.7 Å². The van der Waals surface area contributed by atoms with Crippen LogP contribution in [0.15, 0.2) is 62.0 Å². The number of carboxylic acid groups (broad SMARTS) is 2. The first-order valence-corrected chi connectivity index (χ1v) is 27.5. The molecule has 0 bridgehead atoms. The first kappa shape index (κ1) is 47.0. The average Bonchev–Trinajstić information content (AvgIpc) is 4.00. The summed E-state index contributed by atoms with van der Waals surface area (Å²) >= 11 is 0. The molecule has 6 heterocycles. The zero-order valence-corrected chi connectivity index (χ0v) is 38.0. The van der Waals surface area contributed by atoms with E-state index in [4.69, 9.17) is 31.2 Å². The van der Waals surface area contributed by atoms with Crippen LogP contribution in [0.25, 0.3) is 44.6 Å². The number of carbonyl (C=O) groups is 4. The van der Waals surface area contributed by atoms with Crippen molar-refractivity contribution in [3.63, 3.8) is 0 Å². The Hall–Kier alpha value is -6.11. The van der Waals surface area contributed by atoms with Gasteiger partial charge >= 0.3 is 11.9 Å². The van der Waals surface area contributed by atoms with E-state index in [2.05, 4.69) is 69.4 Å². The van der Waals surface area contributed by atoms with Gasteiger partial charge < -0.3 is 40.3 Å². The molecule has 6 N–H and O–H groups in total. The summed E-state index contributed by atoms with van der Waals surface area (Å²) in [6.45, 7) is 16.1. The van der Waals surface area contributed by atoms with Crippen LogP contribution in [-0.2, 0) is 42.1 Å². The van der Waals surface area contributed by atoms with E-state index in [1.165, 1.54) is 22.0 Å². The van der Waals surface area contributed by atoms with Gasteiger partial charge in [0.2, 0.25) is 11.8 Å². The number of nitrogens with two attached hydrogens (primary N) is 2. The van der Waals surface area contributed by atoms with Gasteiger partial charge in [-0.15, -0.1) is 0 Å². The first-order chi connectivity index (χ1) is 29.3. The number of primary amides is 2. The van der Waals surface area contributed by atoms with Crippen molar-refractivity contribution in [2.24, 2.45) is 11.5 Å². The summed E-state index contributed by atoms with van der Waals surface area (Å²) < 4.78 is 18.4. The lowest BCUT2D eigenvalue weighted by Gasteiger charge is -2.15. The third-order valence-electron chi connectivity index (χ3n) is 9.76. The monoisotopic (exact) mass is 888 g/mol. The molecule has 0 aliphatic carbocycles. The van der Waals surface area contributed by atoms with Crippen LogP contribution in [0.3, 0.4) is 0 Å². The molecule has 0 radical (unpaired) electrons. The van der Waals surface area contributed by atoms with E-state index < -0.39 is 52.0 Å². The molecule has 0 atom stereocenters. The lowest BCUT2D eigenvalue weighted by Crippen LogP contribution is -2.24. The Kier molecular flexibility index (Phi) is 15.6. The van der Waals surface area contributed by atoms with Crippen molar-refractivity contribution in [3.8, 4) is 22.5 Å². The number of rotatable bonds is 22. The predicted molar refractivity (Wildman–Crippen MR) is 236 cm³/mol. The van der Waals surface area contributed by atoms with Crippen LogP contribution in [0.1, 0.15) is 37.8 Å². The normalized spacial score (nSPS) is 12.0. The highest BCUT2D eigenvalue weighted by Gasteiger charge is 2.23. The van der Waals surface area contributed by atoms with E-state index in [0.29, 0.717) is 37.0 Å². The number of ether oxygens (including phenoxy) is 2. The molecule has 0 fully saturated rings. The molecule has 22 heteroatoms. The fraction of sp³-hybridized carbons (Fsp3) is 0.450. The molecule has 0 aliphatic rings. The maximum absolute atomic E-state index is 11.4. The molecule has 0 unspecified atom stereocenters. The zero-order valence-electron chi connectivity index (χ0n) is 36.0. The minimum Gasteiger partial charge on any atom is -0.481 e. The van der Waals surface area contributed by atoms with Gasteiger partial charge in [-0.3, -0.25) is 28.5 Å². The van der Waals surface area contributed by atoms with Crippen LogP contribution in [0.5, 0.6) is 0 Å². The average molecular weight is 889 g/mol. The number of carboxylic acids is 2. The minimum atomic E-state index is -1.16. The largest absolute Gasteiger partial charge is 0.481 e. The Morgan fingerprint density at radius 2 is 1.02 bits per heavy atom. The minimum absolute atomic E-state index is 0.0333. The van der Waals surface area contributed by atoms with Gasteiger partial charge in [0.25, 0.3) is 0 Å². The van der Waals surface area contributed by atoms with Crippen molar-refractivity contribution in [1.82, 2.24) is 48.6 Å². The molecule has 0 aromatic carbocycles. The standard InChI is InChI=1S/C20H29N7O3Si.C20H27N5O5Si/c1-31(2,3)7-6-30-13-26-5-4-16-19(23-12-24-20(16)26)14-10-25-27(11-14)15(8-17(21)28)9-18(22)29;1-31(2,3)7-6-30-13-24-5-4-16-19(21-12-22-20(16)24)14-10-23-25(11-14)15(8-17(26)27)9-18(28)29/h4-5,10-12,15H,6-9,13H2,1-3H3,(H2,21,28)(H2,22,29);4-5,10-12,15H,6-9,13H2,1-3H3,(H,26,27)(H,28,29). The second-order valence-corrected chi connectivity index (χ2v) is 28.7. The van der Waals surface area contributed by atoms with Gasteiger partial charge in [-0.2, -0.15) is 10.2 Å². The van der Waals surface area contributed by atoms with E-state index in [-0.39, 0.29) is 25.7 Å². The number of hydrogen-bond acceptors (Lipinski definition) is 12. The van der Waals surface area contributed by atoms with E-state index >= 15 is 0 Å². The summed E-state index contributed by atoms with van der Waals surface area (Å²) in [5.41, 5.74) is 14.8. The van der Waals surface area contributed by atoms with Crippen LogP contribution in [0.2, 0.25) is 51.4 Å². The molecule has 332 valence electrons. The molecule has 6 aromatic heterocycles. The fourth-order valence-corrected chi connectivity index (χ4v) is 7.98. The Bertz CT molecular complexity index is 2280. The highest BCUT2D eigenvalue weighted by molar-refractivity contribution is 6.76. The molecule has 0 saturated heterocycles. The maximum atomic E-state index is 11.4. The Morgan fingerprint density at radius 3 is 1.37 bits per heavy atom. The molecule has 2 amide bonds. The van der Waals surface area contributed by atoms with Crippen molar-refractivity contribution in [2.75, 3.05) is 13.2 Å². The predicted octanol–water partition coefficient (Wildman–Crippen LogP) is 5.00. The van der Waals surface area contributed by atoms with Gasteiger partial charge in [0.1, 0.15) is 37.4 Å². The van der Waals surface area contributed by atoms with Gasteiger partial charge in [0.15, 0.2) is 0 Å². The molecule has 0 aliphatic heterocycles. The molecule has 62 heavy (non-hydrogen) atoms. The number of aliphatic carboxylic acids is 2. The number of carbonyl (C=O) groups excluding carboxylic acids is 2. The Balaban J connectivity index is 0.000000234. The van der Waals surface area contributed by atoms with Crippen molar-refractivity contribution in [3.05, 3.63) is 62.0 Å². The van der Waals surface area contributed by atoms with Gasteiger partial charge in [-0.05, 0) is 24.2 Å². The van der Waals surface area contributed by atoms with E-state index in [9.17, 15) is 19.2 Å². The molecule has 0 saturated carbocycles. The summed E-state index contributed by atoms with van der Waals surface area (Å²) in [6, 6.07) is 4.70. The summed E-state index contributed by atoms with van der Waals surface area (Å²) in [6.07, 6.45) is 12.6. The lowest BCUT2D eigenvalue weighted by molar-refractivity contribution is -0.140. The van der Waals surface area contributed by atoms with Crippen molar-refractivity contribution < 1.29 is 38.9 Å². The number of aromatic nitrogens is 10. The smallest absolute Gasteiger partial charge is 0.305 e. The Labute approximate surface area is 360 Å². The molecule has 6 rings (SSSR count). The molecular weight excluding hydrogens is 833 g/mol. The van der Waals surface area contributed by atoms with E-state index in [1.54, 1.807) is 24.8 Å². The number of fused-ring (bicyclic) bond motifs is 2. The van der Waals surface area contributed by atoms with Crippen LogP contribution in [-0.4, -0.2) is 112 Å². The molecule has 20 nitrogen and oxygen atoms in total. The van der Waals surface area contributed by atoms with Gasteiger partial charge in [0, 0.05) is 88.9 Å². The Morgan fingerprint density at radius 1 is 0.629 bits per heavy atom. The summed E-state index contributed by atoms with van der Waals surface area (Å²) in [4.78, 5) is 62.6. The van der Waals surface area contributed by atoms with E-state index in [0.717, 1.165) is 46.3 Å². The summed E-state index contributed by atoms with van der Waals surface area (Å²) in [5, 5.41) is 28.4. The number of hydrogen-bond donors (Lipinski definition) is 4. The zero-order chi connectivity index (χ0) is 45.2. The fourth-order valence-electron chi connectivity index (χ4n) is 6.46. The number of nitrogens with zero attached hydrogens (tertiary/aromatic N) is 10. The quantitative estimate of drug-likeness (QED) is 0.0516. The van der Waals surface area contributed by atoms with Gasteiger partial charge in [-0.25, -0.2) is 19.9 Å². The van der Waals surface area contributed by atoms with Crippen LogP contribution in [0.4, 0.5) is 0 Å². The molecule has 6 aromatic rings. The lowest BCUT2D eigenvalue weighted by atomic mass is 10.1. The third-order valence-corrected chi connectivity index (χ3v) is 13.2. The number of amides is 2. The van der Waals surface area contributed by atoms with Crippen molar-refractivity contribution in [1.29, 1.82) is 0 Å². The van der Waals surface area contributed by atoms with Crippen LogP contribution in [0, 0.1) is 0 Å². The van der Waals surface area contributed by atoms with Gasteiger partial charge in [-0.1, -0.05) is 39.3 Å². The van der Waals surface area contributed by atoms with Crippen molar-refractivity contribution in [2.45, 2.75) is 103 Å². The summed E-state index contributed by atoms with van der Waals surface area (Å²) in [5.74, 6) is -3.23. The second-order valence-electron chi connectivity index (χ2n) is 17.4. The topological polar surface area (TPSA) is 276 Å². The SMILES string of the molecule is C[Si](C)(C)CCOCn1ccc2c(-c3cnn(C(CC(=O)O)CC(=O)O)c3)ncnc21.C[Si](C)(C)CCOCn1ccc2c(-c3cnn(C(CC(N)=O)CC(N)=O)c3)ncnc21. The maximum Gasteiger partial charge on any atom is 0.305 e.